The quantitative estimate of drug-likeness (QED) is 0.0896. The van der Waals surface area contributed by atoms with E-state index in [1.807, 2.05) is 28.4 Å². The van der Waals surface area contributed by atoms with Gasteiger partial charge in [-0.25, -0.2) is 0 Å². The fourth-order valence-electron chi connectivity index (χ4n) is 11.9. The molecular formula is C78H106O12P2Ru. The number of methoxy groups -OCH3 is 4. The van der Waals surface area contributed by atoms with Gasteiger partial charge in [0.25, 0.3) is 0 Å². The van der Waals surface area contributed by atoms with Crippen molar-refractivity contribution in [2.45, 2.75) is 223 Å². The first-order valence-electron chi connectivity index (χ1n) is 31.8. The van der Waals surface area contributed by atoms with E-state index in [1.165, 1.54) is 21.2 Å². The summed E-state index contributed by atoms with van der Waals surface area (Å²) in [5.74, 6) is 4.25. The van der Waals surface area contributed by atoms with Crippen molar-refractivity contribution in [2.75, 3.05) is 42.0 Å². The van der Waals surface area contributed by atoms with Crippen LogP contribution in [0.2, 0.25) is 0 Å². The molecule has 2 aliphatic heterocycles. The standard InChI is InChI=1S/C74H100O8P2.2C2H4O2.Ru/c1-67(2,3)47-33-43(34-48(61(47)75-25)68(4,5)6)83(44-35-49(69(7,8)9)62(76-26)50(36-44)70(10,11)12)57-31-29-55-65(81-41-79-55)59(57)60-58(32-30-56-66(60)82-42-80-56)84(45-37-51(71(13,14)15)63(77-27)52(38-45)72(16,17)18)46-39-53(73(19,20)21)64(78-28)54(40-46)74(22,23)24;2*1-2(3)4;/h29-40H,41-42H2,1-28H3;2*1H3,(H,3,4);/q;;;+2/p-2. The van der Waals surface area contributed by atoms with Crippen LogP contribution < -0.4 is 79.9 Å². The number of carboxylic acid groups (broad SMARTS) is 2. The Morgan fingerprint density at radius 2 is 0.516 bits per heavy atom. The maximum absolute atomic E-state index is 8.89. The van der Waals surface area contributed by atoms with E-state index >= 15 is 0 Å². The fourth-order valence-corrected chi connectivity index (χ4v) is 17.0. The minimum absolute atomic E-state index is 0. The summed E-state index contributed by atoms with van der Waals surface area (Å²) >= 11 is 0. The van der Waals surface area contributed by atoms with Crippen molar-refractivity contribution in [3.8, 4) is 57.1 Å². The Balaban J connectivity index is 0.00000165. The summed E-state index contributed by atoms with van der Waals surface area (Å²) in [6.45, 7) is 57.1. The van der Waals surface area contributed by atoms with Crippen molar-refractivity contribution >= 4 is 59.6 Å². The van der Waals surface area contributed by atoms with E-state index in [0.717, 1.165) is 103 Å². The SMILES string of the molecule is CC(=O)[O-].CC(=O)[O-].COc1c(C(C)(C)C)cc(P(c2cc(C(C)(C)C)c(OC)c(C(C)(C)C)c2)c2ccc3c(c2-c2c(P(c4cc(C(C)(C)C)c(OC)c(C(C)(C)C)c4)c4cc(C(C)(C)C)c(OC)c(C(C)(C)C)c4)ccc4c2OCO4)OCO3)cc1C(C)(C)C.[Ru+2]. The number of hydrogen-bond acceptors (Lipinski definition) is 12. The number of carboxylic acids is 2. The Hall–Kier alpha value is -5.86. The van der Waals surface area contributed by atoms with Gasteiger partial charge in [-0.05, 0) is 178 Å². The monoisotopic (exact) mass is 1400 g/mol. The molecule has 6 aromatic carbocycles. The summed E-state index contributed by atoms with van der Waals surface area (Å²) in [7, 11) is 4.29. The van der Waals surface area contributed by atoms with E-state index < -0.39 is 27.8 Å². The molecule has 2 heterocycles. The van der Waals surface area contributed by atoms with Gasteiger partial charge in [0, 0.05) is 67.6 Å². The summed E-state index contributed by atoms with van der Waals surface area (Å²) in [6, 6.07) is 28.4. The molecule has 0 unspecified atom stereocenters. The van der Waals surface area contributed by atoms with Crippen molar-refractivity contribution in [3.63, 3.8) is 0 Å². The van der Waals surface area contributed by atoms with Gasteiger partial charge in [0.2, 0.25) is 13.6 Å². The van der Waals surface area contributed by atoms with Crippen LogP contribution in [-0.4, -0.2) is 54.0 Å². The third-order valence-electron chi connectivity index (χ3n) is 16.4. The molecule has 0 amide bonds. The molecule has 0 aliphatic carbocycles. The minimum atomic E-state index is -1.50. The smallest absolute Gasteiger partial charge is 0.550 e. The first-order chi connectivity index (χ1) is 42.0. The third kappa shape index (κ3) is 17.2. The van der Waals surface area contributed by atoms with Gasteiger partial charge in [0.15, 0.2) is 23.0 Å². The van der Waals surface area contributed by atoms with E-state index in [9.17, 15) is 0 Å². The van der Waals surface area contributed by atoms with Crippen LogP contribution in [-0.2, 0) is 72.4 Å². The van der Waals surface area contributed by atoms with E-state index in [0.29, 0.717) is 23.0 Å². The van der Waals surface area contributed by atoms with Crippen LogP contribution in [0.25, 0.3) is 11.1 Å². The zero-order valence-corrected chi connectivity index (χ0v) is 65.0. The molecule has 12 nitrogen and oxygen atoms in total. The first-order valence-corrected chi connectivity index (χ1v) is 34.5. The predicted octanol–water partition coefficient (Wildman–Crippen LogP) is 14.3. The maximum atomic E-state index is 8.89. The van der Waals surface area contributed by atoms with E-state index in [1.54, 1.807) is 0 Å². The second-order valence-electron chi connectivity index (χ2n) is 32.3. The van der Waals surface area contributed by atoms with Crippen LogP contribution in [0.1, 0.15) is 225 Å². The number of benzene rings is 6. The van der Waals surface area contributed by atoms with Crippen molar-refractivity contribution < 1.29 is 77.2 Å². The Morgan fingerprint density at radius 1 is 0.344 bits per heavy atom. The number of ether oxygens (including phenoxy) is 8. The molecule has 6 aromatic rings. The Morgan fingerprint density at radius 3 is 0.667 bits per heavy atom. The molecule has 0 atom stereocenters. The average molecular weight is 1400 g/mol. The third-order valence-corrected chi connectivity index (χ3v) is 21.2. The molecule has 0 radical (unpaired) electrons. The van der Waals surface area contributed by atoms with Crippen LogP contribution in [0.3, 0.4) is 0 Å². The van der Waals surface area contributed by atoms with Crippen LogP contribution in [0.15, 0.2) is 72.8 Å². The molecule has 0 saturated heterocycles. The van der Waals surface area contributed by atoms with Crippen molar-refractivity contribution in [2.24, 2.45) is 0 Å². The van der Waals surface area contributed by atoms with Gasteiger partial charge >= 0.3 is 19.5 Å². The normalized spacial score (nSPS) is 13.4. The molecule has 2 aliphatic rings. The number of fused-ring (bicyclic) bond motifs is 2. The summed E-state index contributed by atoms with van der Waals surface area (Å²) in [6.07, 6.45) is 0. The molecule has 0 saturated carbocycles. The van der Waals surface area contributed by atoms with Crippen molar-refractivity contribution in [1.29, 1.82) is 0 Å². The average Bonchev–Trinajstić information content (AvgIpc) is 1.67. The number of carbonyl (C=O) groups excluding carboxylic acids is 2. The van der Waals surface area contributed by atoms with Crippen LogP contribution in [0, 0.1) is 0 Å². The summed E-state index contributed by atoms with van der Waals surface area (Å²) < 4.78 is 53.1. The molecule has 15 heteroatoms. The molecule has 8 rings (SSSR count). The van der Waals surface area contributed by atoms with Gasteiger partial charge in [-0.1, -0.05) is 166 Å². The van der Waals surface area contributed by atoms with Crippen LogP contribution >= 0.6 is 15.8 Å². The molecule has 0 spiro atoms. The topological polar surface area (TPSA) is 154 Å². The zero-order chi connectivity index (χ0) is 69.7. The molecule has 0 aromatic heterocycles. The number of carbonyl (C=O) groups is 2. The molecule has 0 bridgehead atoms. The number of hydrogen-bond donors (Lipinski definition) is 0. The van der Waals surface area contributed by atoms with Crippen LogP contribution in [0.5, 0.6) is 46.0 Å². The van der Waals surface area contributed by atoms with E-state index in [4.69, 9.17) is 57.7 Å². The maximum Gasteiger partial charge on any atom is 2.00 e. The summed E-state index contributed by atoms with van der Waals surface area (Å²) in [5, 5.41) is 24.8. The van der Waals surface area contributed by atoms with Gasteiger partial charge in [0.1, 0.15) is 23.0 Å². The molecule has 93 heavy (non-hydrogen) atoms. The van der Waals surface area contributed by atoms with E-state index in [-0.39, 0.29) is 76.4 Å². The molecule has 0 N–H and O–H groups in total. The van der Waals surface area contributed by atoms with Gasteiger partial charge in [-0.3, -0.25) is 0 Å². The van der Waals surface area contributed by atoms with Gasteiger partial charge in [-0.15, -0.1) is 0 Å². The molecule has 0 fully saturated rings. The second-order valence-corrected chi connectivity index (χ2v) is 36.7. The van der Waals surface area contributed by atoms with E-state index in [2.05, 4.69) is 239 Å². The fraction of sp³-hybridized carbons (Fsp3) is 0.513. The van der Waals surface area contributed by atoms with Gasteiger partial charge < -0.3 is 57.7 Å². The summed E-state index contributed by atoms with van der Waals surface area (Å²) in [5.41, 5.74) is 8.79. The second kappa shape index (κ2) is 28.5. The van der Waals surface area contributed by atoms with Crippen molar-refractivity contribution in [1.82, 2.24) is 0 Å². The minimum Gasteiger partial charge on any atom is -0.550 e. The largest absolute Gasteiger partial charge is 2.00 e. The summed E-state index contributed by atoms with van der Waals surface area (Å²) in [4.78, 5) is 17.8. The van der Waals surface area contributed by atoms with Crippen molar-refractivity contribution in [3.05, 3.63) is 117 Å². The Bertz CT molecular complexity index is 3150. The number of aliphatic carboxylic acids is 2. The Labute approximate surface area is 573 Å². The molecular weight excluding hydrogens is 1290 g/mol. The zero-order valence-electron chi connectivity index (χ0n) is 61.5. The van der Waals surface area contributed by atoms with Gasteiger partial charge in [0.05, 0.1) is 28.4 Å². The Kier molecular flexibility index (Phi) is 23.8. The first kappa shape index (κ1) is 77.8. The molecule has 508 valence electrons. The number of rotatable bonds is 11. The van der Waals surface area contributed by atoms with Crippen LogP contribution in [0.4, 0.5) is 0 Å². The van der Waals surface area contributed by atoms with Gasteiger partial charge in [-0.2, -0.15) is 0 Å². The predicted molar refractivity (Wildman–Crippen MR) is 379 cm³/mol.